The van der Waals surface area contributed by atoms with Crippen molar-refractivity contribution in [1.82, 2.24) is 0 Å². The van der Waals surface area contributed by atoms with Crippen molar-refractivity contribution in [3.63, 3.8) is 0 Å². The number of methoxy groups -OCH3 is 2. The number of sulfonamides is 1. The molecule has 3 N–H and O–H groups in total. The molecule has 4 rings (SSSR count). The Kier molecular flexibility index (Phi) is 8.67. The minimum Gasteiger partial charge on any atom is -0.497 e. The Bertz CT molecular complexity index is 1370. The van der Waals surface area contributed by atoms with Crippen LogP contribution >= 0.6 is 23.6 Å². The highest BCUT2D eigenvalue weighted by atomic mass is 32.2. The molecule has 37 heavy (non-hydrogen) atoms. The van der Waals surface area contributed by atoms with Crippen LogP contribution in [0.3, 0.4) is 0 Å². The quantitative estimate of drug-likeness (QED) is 0.246. The summed E-state index contributed by atoms with van der Waals surface area (Å²) in [5, 5.41) is 7.19. The van der Waals surface area contributed by atoms with Gasteiger partial charge in [-0.1, -0.05) is 12.8 Å². The van der Waals surface area contributed by atoms with E-state index in [2.05, 4.69) is 15.4 Å². The SMILES string of the molecule is COC(=O)c1c(NC(=S)Nc2ccc(S(=O)(=O)Nc3ccc(OC)cc3)cc2)sc2c1CCCCCC2. The smallest absolute Gasteiger partial charge is 0.341 e. The lowest BCUT2D eigenvalue weighted by Crippen LogP contribution is -2.20. The van der Waals surface area contributed by atoms with Crippen molar-refractivity contribution in [1.29, 1.82) is 0 Å². The monoisotopic (exact) mass is 559 g/mol. The fourth-order valence-corrected chi connectivity index (χ4v) is 6.81. The number of thiophene rings is 1. The first-order chi connectivity index (χ1) is 17.8. The number of hydrogen-bond donors (Lipinski definition) is 3. The molecule has 0 amide bonds. The molecule has 1 heterocycles. The molecule has 0 aliphatic heterocycles. The maximum absolute atomic E-state index is 12.8. The summed E-state index contributed by atoms with van der Waals surface area (Å²) in [7, 11) is -0.840. The van der Waals surface area contributed by atoms with Crippen molar-refractivity contribution in [2.24, 2.45) is 0 Å². The summed E-state index contributed by atoms with van der Waals surface area (Å²) in [4.78, 5) is 13.9. The molecule has 8 nitrogen and oxygen atoms in total. The highest BCUT2D eigenvalue weighted by Gasteiger charge is 2.25. The number of carbonyl (C=O) groups is 1. The molecular formula is C26H29N3O5S3. The summed E-state index contributed by atoms with van der Waals surface area (Å²) in [6.45, 7) is 0. The summed E-state index contributed by atoms with van der Waals surface area (Å²) in [6.07, 6.45) is 6.26. The third-order valence-corrected chi connectivity index (χ3v) is 8.86. The van der Waals surface area contributed by atoms with Gasteiger partial charge >= 0.3 is 5.97 Å². The second-order valence-corrected chi connectivity index (χ2v) is 11.7. The van der Waals surface area contributed by atoms with Crippen LogP contribution in [0, 0.1) is 0 Å². The molecule has 11 heteroatoms. The number of rotatable bonds is 7. The van der Waals surface area contributed by atoms with Gasteiger partial charge in [0.25, 0.3) is 10.0 Å². The zero-order valence-electron chi connectivity index (χ0n) is 20.6. The molecule has 196 valence electrons. The summed E-state index contributed by atoms with van der Waals surface area (Å²) < 4.78 is 38.2. The van der Waals surface area contributed by atoms with E-state index < -0.39 is 10.0 Å². The van der Waals surface area contributed by atoms with Gasteiger partial charge in [-0.15, -0.1) is 11.3 Å². The molecule has 0 unspecified atom stereocenters. The van der Waals surface area contributed by atoms with Crippen LogP contribution in [0.1, 0.15) is 46.5 Å². The molecule has 1 aliphatic carbocycles. The second-order valence-electron chi connectivity index (χ2n) is 8.55. The Hall–Kier alpha value is -3.15. The predicted molar refractivity (Wildman–Crippen MR) is 152 cm³/mol. The third-order valence-electron chi connectivity index (χ3n) is 6.05. The Balaban J connectivity index is 1.45. The van der Waals surface area contributed by atoms with Crippen molar-refractivity contribution in [2.45, 2.75) is 43.4 Å². The molecule has 0 saturated carbocycles. The number of benzene rings is 2. The van der Waals surface area contributed by atoms with E-state index >= 15 is 0 Å². The number of aryl methyl sites for hydroxylation is 1. The van der Waals surface area contributed by atoms with E-state index in [4.69, 9.17) is 21.7 Å². The molecular weight excluding hydrogens is 531 g/mol. The Labute approximate surface area is 226 Å². The van der Waals surface area contributed by atoms with Crippen LogP contribution < -0.4 is 20.1 Å². The number of anilines is 3. The van der Waals surface area contributed by atoms with E-state index in [1.165, 1.54) is 30.5 Å². The number of esters is 1. The van der Waals surface area contributed by atoms with Crippen molar-refractivity contribution in [3.05, 3.63) is 64.5 Å². The first-order valence-corrected chi connectivity index (χ1v) is 14.6. The van der Waals surface area contributed by atoms with Crippen LogP contribution in [-0.4, -0.2) is 33.7 Å². The highest BCUT2D eigenvalue weighted by Crippen LogP contribution is 2.37. The van der Waals surface area contributed by atoms with E-state index in [9.17, 15) is 13.2 Å². The van der Waals surface area contributed by atoms with Gasteiger partial charge < -0.3 is 20.1 Å². The summed E-state index contributed by atoms with van der Waals surface area (Å²) >= 11 is 7.04. The fourth-order valence-electron chi connectivity index (χ4n) is 4.18. The number of fused-ring (bicyclic) bond motifs is 1. The van der Waals surface area contributed by atoms with Crippen molar-refractivity contribution in [2.75, 3.05) is 29.6 Å². The topological polar surface area (TPSA) is 106 Å². The Morgan fingerprint density at radius 2 is 1.54 bits per heavy atom. The molecule has 3 aromatic rings. The zero-order valence-corrected chi connectivity index (χ0v) is 23.1. The van der Waals surface area contributed by atoms with Gasteiger partial charge in [-0.05, 0) is 92.0 Å². The van der Waals surface area contributed by atoms with Crippen LogP contribution in [-0.2, 0) is 27.6 Å². The van der Waals surface area contributed by atoms with Crippen LogP contribution in [0.5, 0.6) is 5.75 Å². The minimum absolute atomic E-state index is 0.110. The lowest BCUT2D eigenvalue weighted by Gasteiger charge is -2.13. The Morgan fingerprint density at radius 1 is 0.892 bits per heavy atom. The first-order valence-electron chi connectivity index (χ1n) is 11.9. The van der Waals surface area contributed by atoms with Crippen LogP contribution in [0.2, 0.25) is 0 Å². The maximum atomic E-state index is 12.8. The average molecular weight is 560 g/mol. The molecule has 0 bridgehead atoms. The van der Waals surface area contributed by atoms with Crippen molar-refractivity contribution >= 4 is 61.0 Å². The van der Waals surface area contributed by atoms with Gasteiger partial charge in [0.05, 0.1) is 24.7 Å². The fraction of sp³-hybridized carbons (Fsp3) is 0.308. The van der Waals surface area contributed by atoms with E-state index in [0.717, 1.165) is 37.7 Å². The number of thiocarbonyl (C=S) groups is 1. The lowest BCUT2D eigenvalue weighted by atomic mass is 9.96. The third kappa shape index (κ3) is 6.60. The maximum Gasteiger partial charge on any atom is 0.341 e. The van der Waals surface area contributed by atoms with Crippen molar-refractivity contribution < 1.29 is 22.7 Å². The predicted octanol–water partition coefficient (Wildman–Crippen LogP) is 5.81. The lowest BCUT2D eigenvalue weighted by molar-refractivity contribution is 0.0601. The van der Waals surface area contributed by atoms with Gasteiger partial charge in [-0.2, -0.15) is 0 Å². The van der Waals surface area contributed by atoms with Crippen molar-refractivity contribution in [3.8, 4) is 5.75 Å². The summed E-state index contributed by atoms with van der Waals surface area (Å²) in [6, 6.07) is 12.9. The number of nitrogens with one attached hydrogen (secondary N) is 3. The normalized spacial score (nSPS) is 13.5. The summed E-state index contributed by atoms with van der Waals surface area (Å²) in [5.74, 6) is 0.262. The van der Waals surface area contributed by atoms with Gasteiger partial charge in [0.1, 0.15) is 10.8 Å². The van der Waals surface area contributed by atoms with Gasteiger partial charge in [0.15, 0.2) is 5.11 Å². The second kappa shape index (κ2) is 11.9. The molecule has 1 aromatic heterocycles. The van der Waals surface area contributed by atoms with E-state index in [-0.39, 0.29) is 10.9 Å². The van der Waals surface area contributed by atoms with E-state index in [0.29, 0.717) is 32.8 Å². The van der Waals surface area contributed by atoms with Gasteiger partial charge in [0, 0.05) is 16.3 Å². The van der Waals surface area contributed by atoms with Crippen LogP contribution in [0.25, 0.3) is 0 Å². The van der Waals surface area contributed by atoms with E-state index in [1.807, 2.05) is 0 Å². The standard InChI is InChI=1S/C26H29N3O5S3/c1-33-19-13-9-18(10-14-19)29-37(31,32)20-15-11-17(12-16-20)27-26(35)28-24-23(25(30)34-2)21-7-5-3-4-6-8-22(21)36-24/h9-16,29H,3-8H2,1-2H3,(H2,27,28,35). The average Bonchev–Trinajstić information content (AvgIpc) is 3.19. The largest absolute Gasteiger partial charge is 0.497 e. The molecule has 1 aliphatic rings. The number of ether oxygens (including phenoxy) is 2. The highest BCUT2D eigenvalue weighted by molar-refractivity contribution is 7.92. The zero-order chi connectivity index (χ0) is 26.4. The van der Waals surface area contributed by atoms with E-state index in [1.54, 1.807) is 54.8 Å². The first kappa shape index (κ1) is 26.9. The molecule has 0 saturated heterocycles. The van der Waals surface area contributed by atoms with Gasteiger partial charge in [-0.25, -0.2) is 13.2 Å². The van der Waals surface area contributed by atoms with Gasteiger partial charge in [-0.3, -0.25) is 4.72 Å². The van der Waals surface area contributed by atoms with Crippen LogP contribution in [0.15, 0.2) is 53.4 Å². The molecule has 0 spiro atoms. The van der Waals surface area contributed by atoms with Gasteiger partial charge in [0.2, 0.25) is 0 Å². The summed E-state index contributed by atoms with van der Waals surface area (Å²) in [5.41, 5.74) is 2.65. The molecule has 0 atom stereocenters. The minimum atomic E-state index is -3.77. The molecule has 2 aromatic carbocycles. The Morgan fingerprint density at radius 3 is 2.19 bits per heavy atom. The number of hydrogen-bond acceptors (Lipinski definition) is 7. The molecule has 0 radical (unpaired) electrons. The number of carbonyl (C=O) groups excluding carboxylic acids is 1. The van der Waals surface area contributed by atoms with Crippen LogP contribution in [0.4, 0.5) is 16.4 Å². The molecule has 0 fully saturated rings.